The van der Waals surface area contributed by atoms with Crippen LogP contribution in [-0.2, 0) is 32.7 Å². The number of esters is 2. The molecule has 0 aliphatic heterocycles. The Morgan fingerprint density at radius 1 is 0.604 bits per heavy atom. The van der Waals surface area contributed by atoms with Crippen LogP contribution in [0.1, 0.15) is 181 Å². The summed E-state index contributed by atoms with van der Waals surface area (Å²) in [6.45, 7) is 6.57. The van der Waals surface area contributed by atoms with Crippen LogP contribution in [0.2, 0.25) is 0 Å². The molecular formula is C38H77NO8P+. The molecule has 48 heavy (non-hydrogen) atoms. The fraction of sp³-hybridized carbons (Fsp3) is 0.947. The summed E-state index contributed by atoms with van der Waals surface area (Å²) in [7, 11) is 1.44. The molecule has 0 aliphatic carbocycles. The van der Waals surface area contributed by atoms with Crippen LogP contribution < -0.4 is 0 Å². The number of nitrogens with zero attached hydrogens (tertiary/aromatic N) is 1. The largest absolute Gasteiger partial charge is 0.472 e. The highest BCUT2D eigenvalue weighted by Crippen LogP contribution is 2.45. The monoisotopic (exact) mass is 707 g/mol. The maximum atomic E-state index is 12.8. The first-order chi connectivity index (χ1) is 22.9. The minimum atomic E-state index is -4.43. The van der Waals surface area contributed by atoms with E-state index in [0.29, 0.717) is 23.9 Å². The SMILES string of the molecule is CCCCCCCCCCCCCC(=O)OC[C@@H](OC(=O)CCCCCCCCCCCCC)C(CC)OP(=O)(O)OCC[N+](C)(C)C. The smallest absolute Gasteiger partial charge is 0.462 e. The lowest BCUT2D eigenvalue weighted by molar-refractivity contribution is -0.870. The Labute approximate surface area is 295 Å². The highest BCUT2D eigenvalue weighted by Gasteiger charge is 2.34. The van der Waals surface area contributed by atoms with Crippen molar-refractivity contribution in [2.45, 2.75) is 193 Å². The molecule has 2 unspecified atom stereocenters. The zero-order chi connectivity index (χ0) is 35.9. The molecule has 0 fully saturated rings. The van der Waals surface area contributed by atoms with Gasteiger partial charge in [-0.3, -0.25) is 18.6 Å². The molecule has 0 saturated carbocycles. The number of rotatable bonds is 35. The molecule has 0 saturated heterocycles. The maximum absolute atomic E-state index is 12.8. The van der Waals surface area contributed by atoms with E-state index in [0.717, 1.165) is 32.1 Å². The van der Waals surface area contributed by atoms with Gasteiger partial charge < -0.3 is 18.9 Å². The lowest BCUT2D eigenvalue weighted by Crippen LogP contribution is -2.38. The van der Waals surface area contributed by atoms with Crippen LogP contribution in [-0.4, -0.2) is 74.4 Å². The van der Waals surface area contributed by atoms with Crippen LogP contribution in [0.15, 0.2) is 0 Å². The molecule has 0 spiro atoms. The summed E-state index contributed by atoms with van der Waals surface area (Å²) in [4.78, 5) is 35.8. The van der Waals surface area contributed by atoms with Gasteiger partial charge in [0.1, 0.15) is 25.9 Å². The molecule has 0 aliphatic rings. The van der Waals surface area contributed by atoms with Crippen molar-refractivity contribution in [1.29, 1.82) is 0 Å². The predicted molar refractivity (Wildman–Crippen MR) is 197 cm³/mol. The van der Waals surface area contributed by atoms with Gasteiger partial charge >= 0.3 is 19.8 Å². The Morgan fingerprint density at radius 3 is 1.40 bits per heavy atom. The van der Waals surface area contributed by atoms with E-state index in [-0.39, 0.29) is 32.0 Å². The molecule has 0 amide bonds. The minimum Gasteiger partial charge on any atom is -0.462 e. The number of hydrogen-bond donors (Lipinski definition) is 1. The molecule has 0 aromatic heterocycles. The van der Waals surface area contributed by atoms with E-state index in [1.165, 1.54) is 103 Å². The molecule has 0 rings (SSSR count). The highest BCUT2D eigenvalue weighted by atomic mass is 31.2. The second-order valence-electron chi connectivity index (χ2n) is 14.7. The van der Waals surface area contributed by atoms with E-state index >= 15 is 0 Å². The number of carbonyl (C=O) groups excluding carboxylic acids is 2. The lowest BCUT2D eigenvalue weighted by atomic mass is 10.1. The van der Waals surface area contributed by atoms with Crippen molar-refractivity contribution in [3.05, 3.63) is 0 Å². The molecule has 3 atom stereocenters. The third-order valence-electron chi connectivity index (χ3n) is 8.76. The van der Waals surface area contributed by atoms with E-state index in [9.17, 15) is 19.0 Å². The van der Waals surface area contributed by atoms with Crippen molar-refractivity contribution in [3.63, 3.8) is 0 Å². The first-order valence-electron chi connectivity index (χ1n) is 19.7. The van der Waals surface area contributed by atoms with Gasteiger partial charge in [0.05, 0.1) is 21.1 Å². The Kier molecular flexibility index (Phi) is 30.2. The molecule has 0 bridgehead atoms. The first-order valence-corrected chi connectivity index (χ1v) is 21.2. The van der Waals surface area contributed by atoms with Gasteiger partial charge in [0.15, 0.2) is 6.10 Å². The van der Waals surface area contributed by atoms with Gasteiger partial charge in [0.25, 0.3) is 0 Å². The number of phosphoric acid groups is 1. The van der Waals surface area contributed by atoms with Crippen molar-refractivity contribution in [2.24, 2.45) is 0 Å². The second kappa shape index (κ2) is 30.8. The summed E-state index contributed by atoms with van der Waals surface area (Å²) >= 11 is 0. The minimum absolute atomic E-state index is 0.0327. The molecule has 0 aromatic carbocycles. The molecule has 0 radical (unpaired) electrons. The topological polar surface area (TPSA) is 108 Å². The number of quaternary nitrogens is 1. The highest BCUT2D eigenvalue weighted by molar-refractivity contribution is 7.47. The van der Waals surface area contributed by atoms with E-state index in [4.69, 9.17) is 18.5 Å². The average Bonchev–Trinajstić information content (AvgIpc) is 3.02. The van der Waals surface area contributed by atoms with E-state index in [1.807, 2.05) is 21.1 Å². The molecule has 0 aromatic rings. The Balaban J connectivity index is 4.73. The van der Waals surface area contributed by atoms with Crippen LogP contribution in [0.3, 0.4) is 0 Å². The fourth-order valence-electron chi connectivity index (χ4n) is 5.60. The lowest BCUT2D eigenvalue weighted by Gasteiger charge is -2.28. The first kappa shape index (κ1) is 47.0. The third kappa shape index (κ3) is 31.0. The Morgan fingerprint density at radius 2 is 1.00 bits per heavy atom. The number of hydrogen-bond acceptors (Lipinski definition) is 7. The fourth-order valence-corrected chi connectivity index (χ4v) is 6.60. The Hall–Kier alpha value is -0.990. The van der Waals surface area contributed by atoms with Crippen molar-refractivity contribution in [2.75, 3.05) is 40.9 Å². The van der Waals surface area contributed by atoms with E-state index in [1.54, 1.807) is 6.92 Å². The third-order valence-corrected chi connectivity index (χ3v) is 9.81. The zero-order valence-corrected chi connectivity index (χ0v) is 33.0. The van der Waals surface area contributed by atoms with Crippen LogP contribution in [0.5, 0.6) is 0 Å². The summed E-state index contributed by atoms with van der Waals surface area (Å²) in [5, 5.41) is 0. The molecule has 1 N–H and O–H groups in total. The van der Waals surface area contributed by atoms with Gasteiger partial charge in [-0.1, -0.05) is 149 Å². The van der Waals surface area contributed by atoms with Crippen molar-refractivity contribution in [3.8, 4) is 0 Å². The predicted octanol–water partition coefficient (Wildman–Crippen LogP) is 10.5. The van der Waals surface area contributed by atoms with Crippen molar-refractivity contribution in [1.82, 2.24) is 0 Å². The molecule has 9 nitrogen and oxygen atoms in total. The van der Waals surface area contributed by atoms with Gasteiger partial charge in [0.2, 0.25) is 0 Å². The van der Waals surface area contributed by atoms with E-state index in [2.05, 4.69) is 13.8 Å². The summed E-state index contributed by atoms with van der Waals surface area (Å²) in [6.07, 6.45) is 25.0. The van der Waals surface area contributed by atoms with E-state index < -0.39 is 26.0 Å². The Bertz CT molecular complexity index is 819. The average molecular weight is 707 g/mol. The number of carbonyl (C=O) groups is 2. The number of phosphoric ester groups is 1. The van der Waals surface area contributed by atoms with Gasteiger partial charge in [-0.2, -0.15) is 0 Å². The summed E-state index contributed by atoms with van der Waals surface area (Å²) in [5.41, 5.74) is 0. The standard InChI is InChI=1S/C38H76NO8P/c1-7-10-12-14-16-18-20-22-24-26-28-30-37(40)44-34-36(35(9-3)47-48(42,43)45-33-32-39(4,5)6)46-38(41)31-29-27-25-23-21-19-17-15-13-11-8-2/h35-36H,7-34H2,1-6H3/p+1/t35?,36-/m1/s1. The zero-order valence-electron chi connectivity index (χ0n) is 32.2. The maximum Gasteiger partial charge on any atom is 0.472 e. The second-order valence-corrected chi connectivity index (χ2v) is 16.1. The van der Waals surface area contributed by atoms with Crippen LogP contribution >= 0.6 is 7.82 Å². The van der Waals surface area contributed by atoms with Gasteiger partial charge in [0, 0.05) is 12.8 Å². The summed E-state index contributed by atoms with van der Waals surface area (Å²) in [6, 6.07) is 0. The van der Waals surface area contributed by atoms with Crippen molar-refractivity contribution < 1.29 is 42.1 Å². The van der Waals surface area contributed by atoms with Crippen LogP contribution in [0, 0.1) is 0 Å². The van der Waals surface area contributed by atoms with Crippen LogP contribution in [0.25, 0.3) is 0 Å². The van der Waals surface area contributed by atoms with Gasteiger partial charge in [-0.05, 0) is 19.3 Å². The number of unbranched alkanes of at least 4 members (excludes halogenated alkanes) is 20. The number of likely N-dealkylation sites (N-methyl/N-ethyl adjacent to an activating group) is 1. The molecule has 0 heterocycles. The summed E-state index contributed by atoms with van der Waals surface area (Å²) in [5.74, 6) is -0.781. The number of ether oxygens (including phenoxy) is 2. The molecule has 10 heteroatoms. The van der Waals surface area contributed by atoms with Crippen molar-refractivity contribution >= 4 is 19.8 Å². The van der Waals surface area contributed by atoms with Gasteiger partial charge in [-0.25, -0.2) is 4.57 Å². The molecular weight excluding hydrogens is 629 g/mol. The quantitative estimate of drug-likeness (QED) is 0.0300. The van der Waals surface area contributed by atoms with Gasteiger partial charge in [-0.15, -0.1) is 0 Å². The molecule has 286 valence electrons. The normalized spacial score (nSPS) is 14.4. The van der Waals surface area contributed by atoms with Crippen LogP contribution in [0.4, 0.5) is 0 Å². The summed E-state index contributed by atoms with van der Waals surface area (Å²) < 4.78 is 35.3.